The lowest BCUT2D eigenvalue weighted by Gasteiger charge is -2.58. The van der Waals surface area contributed by atoms with Crippen LogP contribution < -0.4 is 5.32 Å². The monoisotopic (exact) mass is 413 g/mol. The summed E-state index contributed by atoms with van der Waals surface area (Å²) in [5, 5.41) is 14.1. The third-order valence-electron chi connectivity index (χ3n) is 11.6. The Morgan fingerprint density at radius 1 is 1.07 bits per heavy atom. The predicted molar refractivity (Wildman–Crippen MR) is 120 cm³/mol. The van der Waals surface area contributed by atoms with Gasteiger partial charge in [-0.15, -0.1) is 0 Å². The molecule has 3 nitrogen and oxygen atoms in total. The van der Waals surface area contributed by atoms with Crippen molar-refractivity contribution in [3.63, 3.8) is 0 Å². The molecule has 2 heterocycles. The first-order valence-electron chi connectivity index (χ1n) is 13.1. The van der Waals surface area contributed by atoms with Gasteiger partial charge in [0.1, 0.15) is 5.72 Å². The van der Waals surface area contributed by atoms with Crippen molar-refractivity contribution in [1.82, 2.24) is 5.32 Å². The first-order valence-corrected chi connectivity index (χ1v) is 13.1. The number of allylic oxidation sites excluding steroid dienone is 1. The summed E-state index contributed by atoms with van der Waals surface area (Å²) >= 11 is 0. The van der Waals surface area contributed by atoms with E-state index in [2.05, 4.69) is 39.1 Å². The molecule has 5 fully saturated rings. The zero-order valence-corrected chi connectivity index (χ0v) is 19.6. The first-order chi connectivity index (χ1) is 14.3. The van der Waals surface area contributed by atoms with Crippen molar-refractivity contribution < 1.29 is 9.84 Å². The van der Waals surface area contributed by atoms with Gasteiger partial charge >= 0.3 is 0 Å². The Bertz CT molecular complexity index is 739. The molecule has 0 bridgehead atoms. The molecule has 2 N–H and O–H groups in total. The molecule has 6 rings (SSSR count). The Labute approximate surface area is 183 Å². The summed E-state index contributed by atoms with van der Waals surface area (Å²) in [6.45, 7) is 11.2. The van der Waals surface area contributed by atoms with Crippen molar-refractivity contribution in [3.8, 4) is 0 Å². The molecule has 3 heteroatoms. The molecule has 0 amide bonds. The van der Waals surface area contributed by atoms with Gasteiger partial charge in [0.15, 0.2) is 0 Å². The van der Waals surface area contributed by atoms with Gasteiger partial charge in [-0.1, -0.05) is 39.3 Å². The highest BCUT2D eigenvalue weighted by Crippen LogP contribution is 2.70. The van der Waals surface area contributed by atoms with Gasteiger partial charge in [0.25, 0.3) is 0 Å². The zero-order valence-electron chi connectivity index (χ0n) is 19.6. The highest BCUT2D eigenvalue weighted by atomic mass is 16.5. The summed E-state index contributed by atoms with van der Waals surface area (Å²) in [7, 11) is 0. The van der Waals surface area contributed by atoms with Crippen LogP contribution in [0.2, 0.25) is 0 Å². The number of nitrogens with one attached hydrogen (secondary N) is 1. The Morgan fingerprint density at radius 3 is 2.67 bits per heavy atom. The van der Waals surface area contributed by atoms with E-state index in [1.807, 2.05) is 0 Å². The average Bonchev–Trinajstić information content (AvgIpc) is 3.16. The number of aliphatic hydroxyl groups is 1. The van der Waals surface area contributed by atoms with Crippen LogP contribution in [0, 0.1) is 46.3 Å². The standard InChI is InChI=1S/C27H43NO2/c1-16-7-12-27(28-15-16)17(2)24-23(30-27)14-22-20-6-5-18-13-19(29)8-10-25(18,3)21(20)9-11-26(22,24)4/h5,16-17,19-24,28-29H,6-15H2,1-4H3/t16-,17+,19+,20-,21+,22+,23-,24+,25+,26+,27+/m1/s1. The van der Waals surface area contributed by atoms with Gasteiger partial charge < -0.3 is 9.84 Å². The molecule has 2 aliphatic heterocycles. The molecule has 3 saturated carbocycles. The minimum absolute atomic E-state index is 0.0439. The highest BCUT2D eigenvalue weighted by molar-refractivity contribution is 5.26. The summed E-state index contributed by atoms with van der Waals surface area (Å²) in [6.07, 6.45) is 13.8. The van der Waals surface area contributed by atoms with Crippen LogP contribution in [0.5, 0.6) is 0 Å². The number of piperidine rings is 1. The Balaban J connectivity index is 1.28. The van der Waals surface area contributed by atoms with Crippen molar-refractivity contribution >= 4 is 0 Å². The molecule has 4 aliphatic carbocycles. The minimum Gasteiger partial charge on any atom is -0.393 e. The lowest BCUT2D eigenvalue weighted by atomic mass is 9.47. The van der Waals surface area contributed by atoms with Crippen LogP contribution in [0.3, 0.4) is 0 Å². The van der Waals surface area contributed by atoms with E-state index >= 15 is 0 Å². The summed E-state index contributed by atoms with van der Waals surface area (Å²) < 4.78 is 7.00. The average molecular weight is 414 g/mol. The fraction of sp³-hybridized carbons (Fsp3) is 0.926. The topological polar surface area (TPSA) is 41.5 Å². The lowest BCUT2D eigenvalue weighted by molar-refractivity contribution is -0.115. The van der Waals surface area contributed by atoms with Crippen LogP contribution in [0.1, 0.15) is 85.5 Å². The zero-order chi connectivity index (χ0) is 20.9. The van der Waals surface area contributed by atoms with Crippen LogP contribution in [-0.4, -0.2) is 29.6 Å². The van der Waals surface area contributed by atoms with Crippen molar-refractivity contribution in [2.45, 2.75) is 103 Å². The van der Waals surface area contributed by atoms with E-state index in [0.717, 1.165) is 49.0 Å². The summed E-state index contributed by atoms with van der Waals surface area (Å²) in [4.78, 5) is 0. The maximum atomic E-state index is 10.3. The normalized spacial score (nSPS) is 59.8. The Hall–Kier alpha value is -0.380. The van der Waals surface area contributed by atoms with Gasteiger partial charge in [-0.2, -0.15) is 0 Å². The van der Waals surface area contributed by atoms with Gasteiger partial charge in [-0.3, -0.25) is 5.32 Å². The van der Waals surface area contributed by atoms with Crippen LogP contribution in [-0.2, 0) is 4.74 Å². The third kappa shape index (κ3) is 2.55. The third-order valence-corrected chi connectivity index (χ3v) is 11.6. The second-order valence-corrected chi connectivity index (χ2v) is 12.8. The maximum Gasteiger partial charge on any atom is 0.122 e. The molecule has 0 aromatic carbocycles. The quantitative estimate of drug-likeness (QED) is 0.530. The molecule has 30 heavy (non-hydrogen) atoms. The van der Waals surface area contributed by atoms with Crippen LogP contribution in [0.15, 0.2) is 11.6 Å². The second kappa shape index (κ2) is 6.58. The molecular weight excluding hydrogens is 370 g/mol. The molecule has 0 unspecified atom stereocenters. The number of hydrogen-bond donors (Lipinski definition) is 2. The molecular formula is C27H43NO2. The molecule has 2 saturated heterocycles. The largest absolute Gasteiger partial charge is 0.393 e. The van der Waals surface area contributed by atoms with E-state index in [-0.39, 0.29) is 11.8 Å². The number of ether oxygens (including phenoxy) is 1. The summed E-state index contributed by atoms with van der Waals surface area (Å²) in [5.74, 6) is 4.58. The first kappa shape index (κ1) is 20.2. The highest BCUT2D eigenvalue weighted by Gasteiger charge is 2.68. The van der Waals surface area contributed by atoms with Gasteiger partial charge in [0, 0.05) is 12.5 Å². The number of rotatable bonds is 0. The van der Waals surface area contributed by atoms with Gasteiger partial charge in [-0.25, -0.2) is 0 Å². The molecule has 0 radical (unpaired) electrons. The van der Waals surface area contributed by atoms with Gasteiger partial charge in [0.05, 0.1) is 12.2 Å². The Morgan fingerprint density at radius 2 is 1.90 bits per heavy atom. The van der Waals surface area contributed by atoms with E-state index in [9.17, 15) is 5.11 Å². The van der Waals surface area contributed by atoms with Gasteiger partial charge in [-0.05, 0) is 98.2 Å². The Kier molecular flexibility index (Phi) is 4.44. The molecule has 0 aromatic rings. The van der Waals surface area contributed by atoms with Crippen LogP contribution in [0.4, 0.5) is 0 Å². The fourth-order valence-corrected chi connectivity index (χ4v) is 9.84. The number of fused-ring (bicyclic) bond motifs is 7. The summed E-state index contributed by atoms with van der Waals surface area (Å²) in [5.41, 5.74) is 2.33. The maximum absolute atomic E-state index is 10.3. The SMILES string of the molecule is C[C@@H]1CC[C@]2(NC1)O[C@@H]1C[C@H]3[C@@H]4CC=C5C[C@@H](O)CC[C@]5(C)[C@H]4CC[C@]3(C)[C@H]1[C@@H]2C. The number of hydrogen-bond acceptors (Lipinski definition) is 3. The van der Waals surface area contributed by atoms with E-state index in [4.69, 9.17) is 4.74 Å². The smallest absolute Gasteiger partial charge is 0.122 e. The second-order valence-electron chi connectivity index (χ2n) is 12.8. The molecule has 0 aromatic heterocycles. The van der Waals surface area contributed by atoms with Crippen molar-refractivity contribution in [2.75, 3.05) is 6.54 Å². The van der Waals surface area contributed by atoms with E-state index in [0.29, 0.717) is 22.9 Å². The van der Waals surface area contributed by atoms with Crippen molar-refractivity contribution in [2.24, 2.45) is 46.3 Å². The number of aliphatic hydroxyl groups excluding tert-OH is 1. The molecule has 11 atom stereocenters. The van der Waals surface area contributed by atoms with Crippen LogP contribution >= 0.6 is 0 Å². The predicted octanol–water partition coefficient (Wildman–Crippen LogP) is 5.29. The van der Waals surface area contributed by atoms with E-state index < -0.39 is 0 Å². The molecule has 1 spiro atoms. The van der Waals surface area contributed by atoms with Crippen molar-refractivity contribution in [3.05, 3.63) is 11.6 Å². The fourth-order valence-electron chi connectivity index (χ4n) is 9.84. The van der Waals surface area contributed by atoms with Gasteiger partial charge in [0.2, 0.25) is 0 Å². The molecule has 168 valence electrons. The minimum atomic E-state index is -0.100. The molecule has 6 aliphatic rings. The van der Waals surface area contributed by atoms with E-state index in [1.54, 1.807) is 5.57 Å². The van der Waals surface area contributed by atoms with Crippen LogP contribution in [0.25, 0.3) is 0 Å². The lowest BCUT2D eigenvalue weighted by Crippen LogP contribution is -2.57. The van der Waals surface area contributed by atoms with E-state index in [1.165, 1.54) is 44.9 Å². The summed E-state index contributed by atoms with van der Waals surface area (Å²) in [6, 6.07) is 0. The van der Waals surface area contributed by atoms with Crippen molar-refractivity contribution in [1.29, 1.82) is 0 Å².